The van der Waals surface area contributed by atoms with Gasteiger partial charge >= 0.3 is 0 Å². The Labute approximate surface area is 89.2 Å². The van der Waals surface area contributed by atoms with Crippen LogP contribution in [0.4, 0.5) is 4.39 Å². The summed E-state index contributed by atoms with van der Waals surface area (Å²) < 4.78 is 18.2. The molecule has 1 aromatic carbocycles. The summed E-state index contributed by atoms with van der Waals surface area (Å²) in [5.41, 5.74) is 12.0. The molecule has 1 rings (SSSR count). The molecule has 0 aliphatic carbocycles. The fourth-order valence-electron chi connectivity index (χ4n) is 1.42. The summed E-state index contributed by atoms with van der Waals surface area (Å²) in [5.74, 6) is -0.136. The van der Waals surface area contributed by atoms with Crippen molar-refractivity contribution in [2.45, 2.75) is 18.9 Å². The fraction of sp³-hybridized carbons (Fsp3) is 0.455. The van der Waals surface area contributed by atoms with Crippen LogP contribution in [0.1, 0.15) is 24.4 Å². The zero-order valence-electron chi connectivity index (χ0n) is 8.87. The number of nitrogens with two attached hydrogens (primary N) is 2. The average Bonchev–Trinajstić information content (AvgIpc) is 2.25. The Morgan fingerprint density at radius 2 is 2.20 bits per heavy atom. The normalized spacial score (nSPS) is 12.5. The minimum atomic E-state index is -0.377. The second kappa shape index (κ2) is 5.68. The van der Waals surface area contributed by atoms with Crippen molar-refractivity contribution in [1.29, 1.82) is 0 Å². The van der Waals surface area contributed by atoms with E-state index < -0.39 is 0 Å². The van der Waals surface area contributed by atoms with Gasteiger partial charge in [0.05, 0.1) is 7.11 Å². The molecule has 0 fully saturated rings. The average molecular weight is 212 g/mol. The Balaban J connectivity index is 2.73. The Morgan fingerprint density at radius 1 is 1.47 bits per heavy atom. The van der Waals surface area contributed by atoms with Crippen LogP contribution in [0.25, 0.3) is 0 Å². The van der Waals surface area contributed by atoms with Gasteiger partial charge in [-0.15, -0.1) is 0 Å². The van der Waals surface area contributed by atoms with Crippen molar-refractivity contribution in [2.24, 2.45) is 11.5 Å². The van der Waals surface area contributed by atoms with Crippen LogP contribution in [0.3, 0.4) is 0 Å². The van der Waals surface area contributed by atoms with Crippen molar-refractivity contribution in [3.05, 3.63) is 29.6 Å². The smallest absolute Gasteiger partial charge is 0.165 e. The third kappa shape index (κ3) is 3.18. The first kappa shape index (κ1) is 11.9. The van der Waals surface area contributed by atoms with Crippen LogP contribution in [-0.2, 0) is 0 Å². The van der Waals surface area contributed by atoms with Gasteiger partial charge in [-0.05, 0) is 37.1 Å². The van der Waals surface area contributed by atoms with Crippen LogP contribution < -0.4 is 16.2 Å². The maximum absolute atomic E-state index is 13.3. The van der Waals surface area contributed by atoms with Crippen LogP contribution in [0, 0.1) is 5.82 Å². The first-order valence-corrected chi connectivity index (χ1v) is 4.98. The molecular weight excluding hydrogens is 195 g/mol. The third-order valence-electron chi connectivity index (χ3n) is 2.32. The van der Waals surface area contributed by atoms with Crippen LogP contribution in [0.5, 0.6) is 5.75 Å². The molecule has 0 unspecified atom stereocenters. The minimum absolute atomic E-state index is 0.158. The first-order valence-electron chi connectivity index (χ1n) is 4.98. The minimum Gasteiger partial charge on any atom is -0.494 e. The largest absolute Gasteiger partial charge is 0.494 e. The first-order chi connectivity index (χ1) is 7.19. The maximum atomic E-state index is 13.3. The van der Waals surface area contributed by atoms with Gasteiger partial charge in [0.25, 0.3) is 0 Å². The summed E-state index contributed by atoms with van der Waals surface area (Å²) in [4.78, 5) is 0. The molecule has 0 amide bonds. The van der Waals surface area contributed by atoms with Gasteiger partial charge in [-0.25, -0.2) is 4.39 Å². The van der Waals surface area contributed by atoms with Gasteiger partial charge in [0.1, 0.15) is 0 Å². The molecule has 1 aromatic rings. The lowest BCUT2D eigenvalue weighted by atomic mass is 10.0. The van der Waals surface area contributed by atoms with Gasteiger partial charge in [-0.3, -0.25) is 0 Å². The highest BCUT2D eigenvalue weighted by molar-refractivity contribution is 5.30. The highest BCUT2D eigenvalue weighted by atomic mass is 19.1. The maximum Gasteiger partial charge on any atom is 0.165 e. The van der Waals surface area contributed by atoms with E-state index in [4.69, 9.17) is 16.2 Å². The Morgan fingerprint density at radius 3 is 2.73 bits per heavy atom. The monoisotopic (exact) mass is 212 g/mol. The lowest BCUT2D eigenvalue weighted by Crippen LogP contribution is -2.12. The molecule has 0 bridgehead atoms. The van der Waals surface area contributed by atoms with Gasteiger partial charge in [0, 0.05) is 6.04 Å². The Kier molecular flexibility index (Phi) is 4.52. The predicted molar refractivity (Wildman–Crippen MR) is 58.2 cm³/mol. The van der Waals surface area contributed by atoms with E-state index in [0.29, 0.717) is 6.54 Å². The molecule has 15 heavy (non-hydrogen) atoms. The van der Waals surface area contributed by atoms with Crippen molar-refractivity contribution in [1.82, 2.24) is 0 Å². The van der Waals surface area contributed by atoms with Gasteiger partial charge in [-0.2, -0.15) is 0 Å². The zero-order valence-corrected chi connectivity index (χ0v) is 8.87. The van der Waals surface area contributed by atoms with Gasteiger partial charge in [0.2, 0.25) is 0 Å². The number of ether oxygens (including phenoxy) is 1. The van der Waals surface area contributed by atoms with Crippen LogP contribution >= 0.6 is 0 Å². The lowest BCUT2D eigenvalue weighted by molar-refractivity contribution is 0.385. The van der Waals surface area contributed by atoms with E-state index in [1.165, 1.54) is 13.2 Å². The van der Waals surface area contributed by atoms with Crippen molar-refractivity contribution in [3.8, 4) is 5.75 Å². The van der Waals surface area contributed by atoms with E-state index >= 15 is 0 Å². The summed E-state index contributed by atoms with van der Waals surface area (Å²) in [5, 5.41) is 0. The molecule has 0 aliphatic rings. The zero-order chi connectivity index (χ0) is 11.3. The molecular formula is C11H17FN2O. The number of rotatable bonds is 5. The highest BCUT2D eigenvalue weighted by Gasteiger charge is 2.09. The molecule has 0 heterocycles. The number of halogens is 1. The summed E-state index contributed by atoms with van der Waals surface area (Å²) in [6, 6.07) is 4.63. The fourth-order valence-corrected chi connectivity index (χ4v) is 1.42. The van der Waals surface area contributed by atoms with Crippen molar-refractivity contribution in [2.75, 3.05) is 13.7 Å². The standard InChI is InChI=1S/C11H17FN2O/c1-15-11-5-4-8(7-9(11)12)10(14)3-2-6-13/h4-5,7,10H,2-3,6,13-14H2,1H3/t10-/m1/s1. The van der Waals surface area contributed by atoms with E-state index in [9.17, 15) is 4.39 Å². The molecule has 3 nitrogen and oxygen atoms in total. The van der Waals surface area contributed by atoms with E-state index in [1.54, 1.807) is 12.1 Å². The van der Waals surface area contributed by atoms with E-state index in [0.717, 1.165) is 18.4 Å². The van der Waals surface area contributed by atoms with Gasteiger partial charge in [-0.1, -0.05) is 6.07 Å². The molecule has 0 spiro atoms. The van der Waals surface area contributed by atoms with Crippen LogP contribution in [0.2, 0.25) is 0 Å². The van der Waals surface area contributed by atoms with E-state index in [2.05, 4.69) is 0 Å². The topological polar surface area (TPSA) is 61.3 Å². The Bertz CT molecular complexity index is 317. The van der Waals surface area contributed by atoms with Crippen molar-refractivity contribution < 1.29 is 9.13 Å². The van der Waals surface area contributed by atoms with Gasteiger partial charge in [0.15, 0.2) is 11.6 Å². The third-order valence-corrected chi connectivity index (χ3v) is 2.32. The van der Waals surface area contributed by atoms with E-state index in [-0.39, 0.29) is 17.6 Å². The Hall–Kier alpha value is -1.13. The molecule has 0 saturated heterocycles. The number of benzene rings is 1. The summed E-state index contributed by atoms with van der Waals surface area (Å²) in [6.45, 7) is 0.604. The molecule has 4 N–H and O–H groups in total. The second-order valence-electron chi connectivity index (χ2n) is 3.43. The number of hydrogen-bond acceptors (Lipinski definition) is 3. The van der Waals surface area contributed by atoms with Crippen LogP contribution in [0.15, 0.2) is 18.2 Å². The second-order valence-corrected chi connectivity index (χ2v) is 3.43. The van der Waals surface area contributed by atoms with Crippen molar-refractivity contribution in [3.63, 3.8) is 0 Å². The summed E-state index contributed by atoms with van der Waals surface area (Å²) in [7, 11) is 1.44. The number of hydrogen-bond donors (Lipinski definition) is 2. The molecule has 0 aliphatic heterocycles. The van der Waals surface area contributed by atoms with Crippen molar-refractivity contribution >= 4 is 0 Å². The molecule has 4 heteroatoms. The molecule has 0 saturated carbocycles. The summed E-state index contributed by atoms with van der Waals surface area (Å²) in [6.07, 6.45) is 1.61. The van der Waals surface area contributed by atoms with Crippen LogP contribution in [-0.4, -0.2) is 13.7 Å². The van der Waals surface area contributed by atoms with E-state index in [1.807, 2.05) is 0 Å². The summed E-state index contributed by atoms with van der Waals surface area (Å²) >= 11 is 0. The predicted octanol–water partition coefficient (Wildman–Crippen LogP) is 1.57. The molecule has 0 radical (unpaired) electrons. The SMILES string of the molecule is COc1ccc([C@H](N)CCCN)cc1F. The number of methoxy groups -OCH3 is 1. The highest BCUT2D eigenvalue weighted by Crippen LogP contribution is 2.22. The lowest BCUT2D eigenvalue weighted by Gasteiger charge is -2.12. The molecule has 1 atom stereocenters. The quantitative estimate of drug-likeness (QED) is 0.778. The molecule has 0 aromatic heterocycles. The van der Waals surface area contributed by atoms with Gasteiger partial charge < -0.3 is 16.2 Å². The molecule has 84 valence electrons.